The molecule has 4 aromatic rings. The molecule has 9 heteroatoms. The number of anilines is 2. The van der Waals surface area contributed by atoms with E-state index in [1.165, 1.54) is 51.9 Å². The standard InChI is InChI=1S/C47H51N5O4/c1-31-7-8-35-28-39(53)14-16-40(35)45(44(31)33-5-3-2-4-6-33)34-9-11-37(12-10-34)50-21-19-32(20-22-50)29-49-23-25-51(26-24-49)38-13-15-41-36(27-38)30-52(47(41)56)42-17-18-43(54)48-46(42)55/h2-6,9-16,27-28,31-32,42,53H,7-8,17-26,29-30H2,1H3,(H,48,54,55)/t31-,42-/m0/s1. The molecule has 4 heterocycles. The average molecular weight is 750 g/mol. The van der Waals surface area contributed by atoms with Crippen molar-refractivity contribution in [2.45, 2.75) is 58.0 Å². The molecule has 9 rings (SSSR count). The van der Waals surface area contributed by atoms with Crippen LogP contribution in [0.1, 0.15) is 77.2 Å². The van der Waals surface area contributed by atoms with Crippen LogP contribution in [0.4, 0.5) is 11.4 Å². The van der Waals surface area contributed by atoms with Gasteiger partial charge >= 0.3 is 0 Å². The molecule has 288 valence electrons. The molecule has 1 aliphatic carbocycles. The first-order valence-corrected chi connectivity index (χ1v) is 20.5. The highest BCUT2D eigenvalue weighted by atomic mass is 16.3. The molecule has 0 radical (unpaired) electrons. The molecular formula is C47H51N5O4. The second-order valence-corrected chi connectivity index (χ2v) is 16.4. The molecule has 0 unspecified atom stereocenters. The predicted molar refractivity (Wildman–Crippen MR) is 220 cm³/mol. The number of nitrogens with one attached hydrogen (secondary N) is 1. The van der Waals surface area contributed by atoms with E-state index < -0.39 is 6.04 Å². The number of hydrogen-bond donors (Lipinski definition) is 2. The highest BCUT2D eigenvalue weighted by Crippen LogP contribution is 2.43. The summed E-state index contributed by atoms with van der Waals surface area (Å²) in [6.07, 6.45) is 4.99. The van der Waals surface area contributed by atoms with Crippen molar-refractivity contribution < 1.29 is 19.5 Å². The summed E-state index contributed by atoms with van der Waals surface area (Å²) in [5.74, 6) is 0.634. The number of imide groups is 1. The highest BCUT2D eigenvalue weighted by Gasteiger charge is 2.39. The van der Waals surface area contributed by atoms with Crippen LogP contribution in [0.25, 0.3) is 11.1 Å². The van der Waals surface area contributed by atoms with Gasteiger partial charge in [0.2, 0.25) is 11.8 Å². The first kappa shape index (κ1) is 36.2. The van der Waals surface area contributed by atoms with Crippen molar-refractivity contribution in [2.75, 3.05) is 55.6 Å². The Hall–Kier alpha value is -5.41. The number of aryl methyl sites for hydroxylation is 1. The van der Waals surface area contributed by atoms with Crippen LogP contribution in [0.15, 0.2) is 91.0 Å². The van der Waals surface area contributed by atoms with Gasteiger partial charge in [-0.25, -0.2) is 0 Å². The van der Waals surface area contributed by atoms with E-state index in [0.29, 0.717) is 36.1 Å². The third-order valence-electron chi connectivity index (χ3n) is 12.9. The molecule has 56 heavy (non-hydrogen) atoms. The van der Waals surface area contributed by atoms with Crippen LogP contribution in [-0.2, 0) is 22.6 Å². The molecule has 4 aliphatic heterocycles. The number of benzene rings is 4. The number of piperidine rings is 2. The number of allylic oxidation sites excluding steroid dienone is 1. The number of carbonyl (C=O) groups excluding carboxylic acids is 3. The smallest absolute Gasteiger partial charge is 0.255 e. The van der Waals surface area contributed by atoms with Crippen molar-refractivity contribution in [3.8, 4) is 5.75 Å². The summed E-state index contributed by atoms with van der Waals surface area (Å²) in [7, 11) is 0. The SMILES string of the molecule is C[C@H]1CCc2cc(O)ccc2C(c2ccc(N3CCC(CN4CCN(c5ccc6c(c5)CN([C@H]5CCC(=O)NC5=O)C6=O)CC4)CC3)cc2)=C1c1ccccc1. The quantitative estimate of drug-likeness (QED) is 0.202. The maximum Gasteiger partial charge on any atom is 0.255 e. The maximum atomic E-state index is 13.2. The maximum absolute atomic E-state index is 13.2. The van der Waals surface area contributed by atoms with Gasteiger partial charge in [0.25, 0.3) is 5.91 Å². The molecule has 2 N–H and O–H groups in total. The number of rotatable bonds is 7. The highest BCUT2D eigenvalue weighted by molar-refractivity contribution is 6.05. The minimum atomic E-state index is -0.588. The number of hydrogen-bond acceptors (Lipinski definition) is 7. The van der Waals surface area contributed by atoms with Gasteiger partial charge in [0.1, 0.15) is 11.8 Å². The first-order chi connectivity index (χ1) is 27.3. The lowest BCUT2D eigenvalue weighted by atomic mass is 9.84. The average Bonchev–Trinajstić information content (AvgIpc) is 3.47. The third-order valence-corrected chi connectivity index (χ3v) is 12.9. The zero-order valence-electron chi connectivity index (χ0n) is 32.3. The summed E-state index contributed by atoms with van der Waals surface area (Å²) in [6, 6.07) is 31.4. The molecular weight excluding hydrogens is 699 g/mol. The van der Waals surface area contributed by atoms with Gasteiger partial charge in [0, 0.05) is 75.7 Å². The summed E-state index contributed by atoms with van der Waals surface area (Å²) in [5, 5.41) is 12.8. The van der Waals surface area contributed by atoms with Crippen LogP contribution in [0.5, 0.6) is 5.75 Å². The van der Waals surface area contributed by atoms with E-state index in [2.05, 4.69) is 93.7 Å². The van der Waals surface area contributed by atoms with Crippen molar-refractivity contribution in [3.05, 3.63) is 124 Å². The zero-order valence-corrected chi connectivity index (χ0v) is 32.3. The van der Waals surface area contributed by atoms with E-state index in [-0.39, 0.29) is 24.1 Å². The lowest BCUT2D eigenvalue weighted by Gasteiger charge is -2.40. The van der Waals surface area contributed by atoms with Crippen molar-refractivity contribution in [2.24, 2.45) is 11.8 Å². The number of phenolic OH excluding ortho intramolecular Hbond substituents is 1. The number of aromatic hydroxyl groups is 1. The van der Waals surface area contributed by atoms with Gasteiger partial charge in [-0.3, -0.25) is 24.6 Å². The third kappa shape index (κ3) is 7.09. The Kier molecular flexibility index (Phi) is 9.88. The van der Waals surface area contributed by atoms with Crippen molar-refractivity contribution in [3.63, 3.8) is 0 Å². The Balaban J connectivity index is 0.807. The Morgan fingerprint density at radius 1 is 0.679 bits per heavy atom. The number of piperazine rings is 1. The van der Waals surface area contributed by atoms with E-state index in [4.69, 9.17) is 0 Å². The second-order valence-electron chi connectivity index (χ2n) is 16.4. The molecule has 3 amide bonds. The number of amides is 3. The molecule has 3 fully saturated rings. The van der Waals surface area contributed by atoms with Crippen LogP contribution in [0, 0.1) is 11.8 Å². The summed E-state index contributed by atoms with van der Waals surface area (Å²) >= 11 is 0. The van der Waals surface area contributed by atoms with Crippen LogP contribution in [-0.4, -0.2) is 84.5 Å². The minimum absolute atomic E-state index is 0.123. The van der Waals surface area contributed by atoms with Gasteiger partial charge in [-0.05, 0) is 125 Å². The van der Waals surface area contributed by atoms with Crippen LogP contribution < -0.4 is 15.1 Å². The summed E-state index contributed by atoms with van der Waals surface area (Å²) < 4.78 is 0. The summed E-state index contributed by atoms with van der Waals surface area (Å²) in [4.78, 5) is 46.5. The first-order valence-electron chi connectivity index (χ1n) is 20.5. The molecule has 0 bridgehead atoms. The lowest BCUT2D eigenvalue weighted by molar-refractivity contribution is -0.136. The van der Waals surface area contributed by atoms with Crippen molar-refractivity contribution in [1.29, 1.82) is 0 Å². The van der Waals surface area contributed by atoms with Gasteiger partial charge in [0.15, 0.2) is 0 Å². The van der Waals surface area contributed by atoms with Crippen molar-refractivity contribution >= 4 is 40.2 Å². The Morgan fingerprint density at radius 2 is 1.39 bits per heavy atom. The van der Waals surface area contributed by atoms with E-state index in [1.807, 2.05) is 24.3 Å². The van der Waals surface area contributed by atoms with Crippen molar-refractivity contribution in [1.82, 2.24) is 15.1 Å². The number of fused-ring (bicyclic) bond motifs is 2. The number of carbonyl (C=O) groups is 3. The molecule has 0 spiro atoms. The lowest BCUT2D eigenvalue weighted by Crippen LogP contribution is -2.52. The van der Waals surface area contributed by atoms with Gasteiger partial charge in [-0.2, -0.15) is 0 Å². The summed E-state index contributed by atoms with van der Waals surface area (Å²) in [6.45, 7) is 9.92. The van der Waals surface area contributed by atoms with E-state index >= 15 is 0 Å². The fourth-order valence-corrected chi connectivity index (χ4v) is 9.82. The molecule has 5 aliphatic rings. The fourth-order valence-electron chi connectivity index (χ4n) is 9.82. The zero-order chi connectivity index (χ0) is 38.3. The van der Waals surface area contributed by atoms with Crippen LogP contribution >= 0.6 is 0 Å². The van der Waals surface area contributed by atoms with E-state index in [0.717, 1.165) is 69.9 Å². The Labute approximate surface area is 329 Å². The largest absolute Gasteiger partial charge is 0.508 e. The molecule has 2 atom stereocenters. The number of phenols is 1. The summed E-state index contributed by atoms with van der Waals surface area (Å²) in [5.41, 5.74) is 11.6. The van der Waals surface area contributed by atoms with E-state index in [9.17, 15) is 19.5 Å². The van der Waals surface area contributed by atoms with Gasteiger partial charge < -0.3 is 19.8 Å². The van der Waals surface area contributed by atoms with Crippen LogP contribution in [0.3, 0.4) is 0 Å². The topological polar surface area (TPSA) is 96.4 Å². The monoisotopic (exact) mass is 749 g/mol. The number of nitrogens with zero attached hydrogens (tertiary/aromatic N) is 4. The van der Waals surface area contributed by atoms with Gasteiger partial charge in [-0.1, -0.05) is 55.5 Å². The van der Waals surface area contributed by atoms with Gasteiger partial charge in [-0.15, -0.1) is 0 Å². The molecule has 3 saturated heterocycles. The molecule has 9 nitrogen and oxygen atoms in total. The fraction of sp³-hybridized carbons (Fsp3) is 0.383. The van der Waals surface area contributed by atoms with Crippen LogP contribution in [0.2, 0.25) is 0 Å². The molecule has 4 aromatic carbocycles. The van der Waals surface area contributed by atoms with Gasteiger partial charge in [0.05, 0.1) is 0 Å². The Bertz CT molecular complexity index is 2170. The predicted octanol–water partition coefficient (Wildman–Crippen LogP) is 6.73. The second kappa shape index (κ2) is 15.3. The van der Waals surface area contributed by atoms with E-state index in [1.54, 1.807) is 4.90 Å². The minimum Gasteiger partial charge on any atom is -0.508 e. The normalized spacial score (nSPS) is 22.2. The molecule has 0 aromatic heterocycles. The molecule has 0 saturated carbocycles. The Morgan fingerprint density at radius 3 is 2.14 bits per heavy atom.